The molecule has 1 aliphatic rings. The molecule has 3 N–H and O–H groups in total. The van der Waals surface area contributed by atoms with Gasteiger partial charge in [-0.15, -0.1) is 0 Å². The quantitative estimate of drug-likeness (QED) is 0.672. The molecule has 1 aliphatic carbocycles. The second kappa shape index (κ2) is 5.29. The molecule has 2 atom stereocenters. The summed E-state index contributed by atoms with van der Waals surface area (Å²) in [6.45, 7) is 0. The number of carboxylic acids is 1. The molecular weight excluding hydrogens is 186 g/mol. The highest BCUT2D eigenvalue weighted by molar-refractivity contribution is 8.00. The van der Waals surface area contributed by atoms with Crippen molar-refractivity contribution in [3.63, 3.8) is 0 Å². The Kier molecular flexibility index (Phi) is 4.32. The number of nitrogens with two attached hydrogens (primary N) is 1. The van der Waals surface area contributed by atoms with E-state index in [0.717, 1.165) is 12.8 Å². The van der Waals surface area contributed by atoms with E-state index in [1.165, 1.54) is 6.42 Å². The number of hydrogen-bond donors (Lipinski definition) is 2. The zero-order valence-electron chi connectivity index (χ0n) is 7.48. The Balaban J connectivity index is 2.21. The van der Waals surface area contributed by atoms with Crippen molar-refractivity contribution < 1.29 is 9.90 Å². The Morgan fingerprint density at radius 3 is 3.08 bits per heavy atom. The molecule has 0 aliphatic heterocycles. The van der Waals surface area contributed by atoms with Crippen molar-refractivity contribution in [1.82, 2.24) is 0 Å². The van der Waals surface area contributed by atoms with E-state index in [-0.39, 0.29) is 0 Å². The summed E-state index contributed by atoms with van der Waals surface area (Å²) in [6, 6.07) is -0.722. The summed E-state index contributed by atoms with van der Waals surface area (Å²) in [5.74, 6) is -0.406. The molecular formula is C9H15NO2S. The highest BCUT2D eigenvalue weighted by atomic mass is 32.2. The molecule has 4 heteroatoms. The number of carbonyl (C=O) groups is 1. The third kappa shape index (κ3) is 3.83. The maximum absolute atomic E-state index is 10.4. The van der Waals surface area contributed by atoms with E-state index in [0.29, 0.717) is 11.0 Å². The lowest BCUT2D eigenvalue weighted by atomic mass is 10.1. The number of thioether (sulfide) groups is 1. The zero-order valence-corrected chi connectivity index (χ0v) is 8.30. The molecule has 0 saturated carbocycles. The smallest absolute Gasteiger partial charge is 0.321 e. The van der Waals surface area contributed by atoms with Crippen molar-refractivity contribution in [2.75, 3.05) is 5.75 Å². The van der Waals surface area contributed by atoms with Crippen LogP contribution in [0.2, 0.25) is 0 Å². The average molecular weight is 201 g/mol. The summed E-state index contributed by atoms with van der Waals surface area (Å²) in [6.07, 6.45) is 7.82. The van der Waals surface area contributed by atoms with Crippen molar-refractivity contribution >= 4 is 17.7 Å². The topological polar surface area (TPSA) is 63.3 Å². The predicted molar refractivity (Wildman–Crippen MR) is 54.8 cm³/mol. The van der Waals surface area contributed by atoms with E-state index in [4.69, 9.17) is 10.8 Å². The summed E-state index contributed by atoms with van der Waals surface area (Å²) in [5, 5.41) is 9.03. The van der Waals surface area contributed by atoms with E-state index >= 15 is 0 Å². The van der Waals surface area contributed by atoms with Crippen LogP contribution in [0, 0.1) is 0 Å². The first-order chi connectivity index (χ1) is 6.20. The van der Waals surface area contributed by atoms with Gasteiger partial charge in [-0.3, -0.25) is 4.79 Å². The summed E-state index contributed by atoms with van der Waals surface area (Å²) < 4.78 is 0. The summed E-state index contributed by atoms with van der Waals surface area (Å²) >= 11 is 1.64. The minimum atomic E-state index is -0.910. The van der Waals surface area contributed by atoms with Gasteiger partial charge in [-0.05, 0) is 19.3 Å². The molecule has 0 heterocycles. The monoisotopic (exact) mass is 201 g/mol. The number of carboxylic acid groups (broad SMARTS) is 1. The Hall–Kier alpha value is -0.480. The van der Waals surface area contributed by atoms with Crippen LogP contribution in [0.4, 0.5) is 0 Å². The van der Waals surface area contributed by atoms with Crippen molar-refractivity contribution in [3.8, 4) is 0 Å². The number of rotatable bonds is 4. The van der Waals surface area contributed by atoms with E-state index in [2.05, 4.69) is 12.2 Å². The molecule has 3 nitrogen and oxygen atoms in total. The molecule has 1 unspecified atom stereocenters. The minimum absolute atomic E-state index is 0.471. The predicted octanol–water partition coefficient (Wildman–Crippen LogP) is 1.24. The number of hydrogen-bond acceptors (Lipinski definition) is 3. The van der Waals surface area contributed by atoms with Gasteiger partial charge < -0.3 is 10.8 Å². The minimum Gasteiger partial charge on any atom is -0.480 e. The molecule has 0 amide bonds. The molecule has 0 aromatic carbocycles. The Morgan fingerprint density at radius 2 is 2.54 bits per heavy atom. The van der Waals surface area contributed by atoms with E-state index in [9.17, 15) is 4.79 Å². The van der Waals surface area contributed by atoms with Gasteiger partial charge in [-0.2, -0.15) is 11.8 Å². The number of allylic oxidation sites excluding steroid dienone is 1. The Morgan fingerprint density at radius 1 is 1.77 bits per heavy atom. The normalized spacial score (nSPS) is 24.2. The molecule has 0 aromatic rings. The lowest BCUT2D eigenvalue weighted by molar-refractivity contribution is -0.137. The van der Waals surface area contributed by atoms with Gasteiger partial charge in [-0.25, -0.2) is 0 Å². The molecule has 74 valence electrons. The number of aliphatic carboxylic acids is 1. The van der Waals surface area contributed by atoms with Crippen molar-refractivity contribution in [1.29, 1.82) is 0 Å². The van der Waals surface area contributed by atoms with Crippen molar-refractivity contribution in [3.05, 3.63) is 12.2 Å². The molecule has 0 saturated heterocycles. The fourth-order valence-corrected chi connectivity index (χ4v) is 2.37. The zero-order chi connectivity index (χ0) is 9.68. The van der Waals surface area contributed by atoms with Crippen LogP contribution < -0.4 is 5.73 Å². The molecule has 0 spiro atoms. The second-order valence-electron chi connectivity index (χ2n) is 3.18. The van der Waals surface area contributed by atoms with E-state index in [1.54, 1.807) is 11.8 Å². The molecule has 0 bridgehead atoms. The van der Waals surface area contributed by atoms with E-state index in [1.807, 2.05) is 0 Å². The first-order valence-corrected chi connectivity index (χ1v) is 5.51. The fraction of sp³-hybridized carbons (Fsp3) is 0.667. The van der Waals surface area contributed by atoms with Gasteiger partial charge in [-0.1, -0.05) is 12.2 Å². The Labute approximate surface area is 82.4 Å². The summed E-state index contributed by atoms with van der Waals surface area (Å²) in [7, 11) is 0. The fourth-order valence-electron chi connectivity index (χ4n) is 1.22. The third-order valence-electron chi connectivity index (χ3n) is 2.02. The largest absolute Gasteiger partial charge is 0.480 e. The van der Waals surface area contributed by atoms with Crippen molar-refractivity contribution in [2.45, 2.75) is 30.6 Å². The lowest BCUT2D eigenvalue weighted by Crippen LogP contribution is -2.33. The maximum atomic E-state index is 10.4. The van der Waals surface area contributed by atoms with Gasteiger partial charge in [0.15, 0.2) is 0 Å². The Bertz CT molecular complexity index is 206. The van der Waals surface area contributed by atoms with E-state index < -0.39 is 12.0 Å². The van der Waals surface area contributed by atoms with Crippen LogP contribution in [-0.2, 0) is 4.79 Å². The van der Waals surface area contributed by atoms with Crippen LogP contribution in [0.3, 0.4) is 0 Å². The van der Waals surface area contributed by atoms with Crippen LogP contribution in [0.15, 0.2) is 12.2 Å². The van der Waals surface area contributed by atoms with Crippen LogP contribution in [0.25, 0.3) is 0 Å². The van der Waals surface area contributed by atoms with Gasteiger partial charge in [0.2, 0.25) is 0 Å². The molecule has 0 aromatic heterocycles. The van der Waals surface area contributed by atoms with Crippen LogP contribution >= 0.6 is 11.8 Å². The van der Waals surface area contributed by atoms with Gasteiger partial charge >= 0.3 is 5.97 Å². The SMILES string of the molecule is N[C@@H](CSC1C=CCCC1)C(=O)O. The molecule has 0 radical (unpaired) electrons. The van der Waals surface area contributed by atoms with Gasteiger partial charge in [0.1, 0.15) is 6.04 Å². The van der Waals surface area contributed by atoms with Gasteiger partial charge in [0.05, 0.1) is 0 Å². The standard InChI is InChI=1S/C9H15NO2S/c10-8(9(11)12)6-13-7-4-2-1-3-5-7/h2,4,7-8H,1,3,5-6,10H2,(H,11,12)/t7?,8-/m0/s1. The summed E-state index contributed by atoms with van der Waals surface area (Å²) in [4.78, 5) is 10.4. The summed E-state index contributed by atoms with van der Waals surface area (Å²) in [5.41, 5.74) is 5.39. The first kappa shape index (κ1) is 10.6. The lowest BCUT2D eigenvalue weighted by Gasteiger charge is -2.16. The van der Waals surface area contributed by atoms with Crippen molar-refractivity contribution in [2.24, 2.45) is 5.73 Å². The highest BCUT2D eigenvalue weighted by Crippen LogP contribution is 2.23. The first-order valence-electron chi connectivity index (χ1n) is 4.47. The average Bonchev–Trinajstić information content (AvgIpc) is 2.15. The van der Waals surface area contributed by atoms with Gasteiger partial charge in [0.25, 0.3) is 0 Å². The molecule has 1 rings (SSSR count). The van der Waals surface area contributed by atoms with Crippen LogP contribution in [0.5, 0.6) is 0 Å². The van der Waals surface area contributed by atoms with Crippen LogP contribution in [-0.4, -0.2) is 28.1 Å². The van der Waals surface area contributed by atoms with Gasteiger partial charge in [0, 0.05) is 11.0 Å². The van der Waals surface area contributed by atoms with Crippen LogP contribution in [0.1, 0.15) is 19.3 Å². The molecule has 0 fully saturated rings. The molecule has 13 heavy (non-hydrogen) atoms. The third-order valence-corrected chi connectivity index (χ3v) is 3.39. The second-order valence-corrected chi connectivity index (χ2v) is 4.45. The maximum Gasteiger partial charge on any atom is 0.321 e. The highest BCUT2D eigenvalue weighted by Gasteiger charge is 2.15.